The molecule has 0 radical (unpaired) electrons. The van der Waals surface area contributed by atoms with Crippen LogP contribution in [0.15, 0.2) is 53.7 Å². The van der Waals surface area contributed by atoms with Gasteiger partial charge in [-0.2, -0.15) is 0 Å². The van der Waals surface area contributed by atoms with Crippen LogP contribution in [0.3, 0.4) is 0 Å². The number of benzene rings is 2. The van der Waals surface area contributed by atoms with Crippen molar-refractivity contribution in [1.82, 2.24) is 0 Å². The molecule has 6 heteroatoms. The van der Waals surface area contributed by atoms with Gasteiger partial charge in [0.1, 0.15) is 5.82 Å². The molecule has 20 heavy (non-hydrogen) atoms. The molecule has 0 atom stereocenters. The van der Waals surface area contributed by atoms with Crippen molar-refractivity contribution in [3.8, 4) is 0 Å². The van der Waals surface area contributed by atoms with Crippen molar-refractivity contribution in [1.29, 1.82) is 0 Å². The molecular formula is C14H10ClFN2O2. The lowest BCUT2D eigenvalue weighted by Crippen LogP contribution is -2.10. The molecular weight excluding hydrogens is 283 g/mol. The van der Waals surface area contributed by atoms with E-state index >= 15 is 0 Å². The van der Waals surface area contributed by atoms with Crippen LogP contribution < -0.4 is 5.32 Å². The van der Waals surface area contributed by atoms with Crippen molar-refractivity contribution in [2.45, 2.75) is 0 Å². The first-order chi connectivity index (χ1) is 9.63. The van der Waals surface area contributed by atoms with Gasteiger partial charge in [0.15, 0.2) is 0 Å². The van der Waals surface area contributed by atoms with E-state index in [2.05, 4.69) is 15.3 Å². The molecule has 0 unspecified atom stereocenters. The second kappa shape index (κ2) is 6.68. The third kappa shape index (κ3) is 4.37. The maximum Gasteiger partial charge on any atom is 0.437 e. The summed E-state index contributed by atoms with van der Waals surface area (Å²) in [5.74, 6) is -0.346. The van der Waals surface area contributed by atoms with Gasteiger partial charge in [-0.25, -0.2) is 9.18 Å². The number of carbonyl (C=O) groups excluding carboxylic acids is 1. The lowest BCUT2D eigenvalue weighted by atomic mass is 10.2. The number of carbonyl (C=O) groups is 1. The lowest BCUT2D eigenvalue weighted by Gasteiger charge is -2.02. The van der Waals surface area contributed by atoms with E-state index in [1.807, 2.05) is 0 Å². The van der Waals surface area contributed by atoms with Gasteiger partial charge >= 0.3 is 6.09 Å². The monoisotopic (exact) mass is 292 g/mol. The zero-order valence-corrected chi connectivity index (χ0v) is 11.0. The second-order valence-electron chi connectivity index (χ2n) is 3.80. The normalized spacial score (nSPS) is 10.5. The number of halogens is 2. The molecule has 0 aliphatic rings. The Balaban J connectivity index is 1.87. The topological polar surface area (TPSA) is 50.7 Å². The fourth-order valence-corrected chi connectivity index (χ4v) is 1.58. The zero-order chi connectivity index (χ0) is 14.4. The number of nitrogens with zero attached hydrogens (tertiary/aromatic N) is 1. The van der Waals surface area contributed by atoms with E-state index in [4.69, 9.17) is 11.6 Å². The Morgan fingerprint density at radius 2 is 2.00 bits per heavy atom. The molecule has 4 nitrogen and oxygen atoms in total. The molecule has 0 saturated carbocycles. The molecule has 2 aromatic carbocycles. The number of nitrogens with one attached hydrogen (secondary N) is 1. The van der Waals surface area contributed by atoms with Crippen molar-refractivity contribution < 1.29 is 14.0 Å². The largest absolute Gasteiger partial charge is 0.437 e. The third-order valence-corrected chi connectivity index (χ3v) is 2.51. The van der Waals surface area contributed by atoms with Crippen molar-refractivity contribution in [3.05, 3.63) is 64.9 Å². The minimum atomic E-state index is -0.745. The summed E-state index contributed by atoms with van der Waals surface area (Å²) in [6.07, 6.45) is 0.558. The van der Waals surface area contributed by atoms with Crippen molar-refractivity contribution in [3.63, 3.8) is 0 Å². The van der Waals surface area contributed by atoms with E-state index < -0.39 is 6.09 Å². The van der Waals surface area contributed by atoms with Crippen LogP contribution in [0.4, 0.5) is 14.9 Å². The molecule has 0 spiro atoms. The molecule has 0 saturated heterocycles. The highest BCUT2D eigenvalue weighted by Gasteiger charge is 2.02. The summed E-state index contributed by atoms with van der Waals surface area (Å²) < 4.78 is 12.7. The third-order valence-electron chi connectivity index (χ3n) is 2.28. The van der Waals surface area contributed by atoms with Gasteiger partial charge in [-0.1, -0.05) is 35.0 Å². The minimum absolute atomic E-state index is 0.346. The maximum absolute atomic E-state index is 12.7. The van der Waals surface area contributed by atoms with Crippen LogP contribution >= 0.6 is 11.6 Å². The fourth-order valence-electron chi connectivity index (χ4n) is 1.39. The Morgan fingerprint density at radius 1 is 1.25 bits per heavy atom. The van der Waals surface area contributed by atoms with Gasteiger partial charge in [0.2, 0.25) is 0 Å². The highest BCUT2D eigenvalue weighted by molar-refractivity contribution is 6.30. The Bertz CT molecular complexity index is 629. The predicted molar refractivity (Wildman–Crippen MR) is 75.5 cm³/mol. The molecule has 0 heterocycles. The van der Waals surface area contributed by atoms with E-state index in [0.29, 0.717) is 16.3 Å². The standard InChI is InChI=1S/C14H10ClFN2O2/c15-11-2-1-3-13(8-11)18-14(19)20-17-9-10-4-6-12(16)7-5-10/h1-9H,(H,18,19)/b17-9+. The first-order valence-corrected chi connectivity index (χ1v) is 6.04. The average molecular weight is 293 g/mol. The van der Waals surface area contributed by atoms with Gasteiger partial charge in [0.25, 0.3) is 0 Å². The van der Waals surface area contributed by atoms with Crippen LogP contribution in [0.1, 0.15) is 5.56 Å². The number of rotatable bonds is 3. The Hall–Kier alpha value is -2.40. The highest BCUT2D eigenvalue weighted by Crippen LogP contribution is 2.14. The van der Waals surface area contributed by atoms with Gasteiger partial charge in [0.05, 0.1) is 6.21 Å². The Morgan fingerprint density at radius 3 is 2.70 bits per heavy atom. The van der Waals surface area contributed by atoms with Gasteiger partial charge in [-0.15, -0.1) is 0 Å². The second-order valence-corrected chi connectivity index (χ2v) is 4.24. The number of anilines is 1. The number of amides is 1. The molecule has 2 rings (SSSR count). The molecule has 0 aliphatic heterocycles. The van der Waals surface area contributed by atoms with E-state index in [0.717, 1.165) is 0 Å². The number of oxime groups is 1. The van der Waals surface area contributed by atoms with Crippen LogP contribution in [0.25, 0.3) is 0 Å². The summed E-state index contributed by atoms with van der Waals surface area (Å²) in [5, 5.41) is 6.45. The quantitative estimate of drug-likeness (QED) is 0.527. The first kappa shape index (κ1) is 14.0. The zero-order valence-electron chi connectivity index (χ0n) is 10.2. The van der Waals surface area contributed by atoms with Crippen LogP contribution in [-0.4, -0.2) is 12.3 Å². The summed E-state index contributed by atoms with van der Waals surface area (Å²) in [5.41, 5.74) is 1.11. The van der Waals surface area contributed by atoms with Crippen molar-refractivity contribution in [2.75, 3.05) is 5.32 Å². The van der Waals surface area contributed by atoms with Crippen molar-refractivity contribution >= 4 is 29.6 Å². The van der Waals surface area contributed by atoms with Gasteiger partial charge in [-0.05, 0) is 35.9 Å². The Kier molecular flexibility index (Phi) is 4.68. The molecule has 0 fully saturated rings. The minimum Gasteiger partial charge on any atom is -0.298 e. The molecule has 102 valence electrons. The average Bonchev–Trinajstić information content (AvgIpc) is 2.41. The van der Waals surface area contributed by atoms with E-state index in [9.17, 15) is 9.18 Å². The smallest absolute Gasteiger partial charge is 0.298 e. The highest BCUT2D eigenvalue weighted by atomic mass is 35.5. The van der Waals surface area contributed by atoms with Crippen molar-refractivity contribution in [2.24, 2.45) is 5.16 Å². The first-order valence-electron chi connectivity index (χ1n) is 5.66. The molecule has 0 bridgehead atoms. The number of hydrogen-bond acceptors (Lipinski definition) is 3. The molecule has 0 aliphatic carbocycles. The molecule has 0 aromatic heterocycles. The van der Waals surface area contributed by atoms with Crippen LogP contribution in [0.2, 0.25) is 5.02 Å². The summed E-state index contributed by atoms with van der Waals surface area (Å²) >= 11 is 5.77. The summed E-state index contributed by atoms with van der Waals surface area (Å²) in [4.78, 5) is 16.0. The summed E-state index contributed by atoms with van der Waals surface area (Å²) in [6, 6.07) is 12.2. The van der Waals surface area contributed by atoms with E-state index in [1.165, 1.54) is 30.5 Å². The molecule has 1 N–H and O–H groups in total. The summed E-state index contributed by atoms with van der Waals surface area (Å²) in [6.45, 7) is 0. The maximum atomic E-state index is 12.7. The summed E-state index contributed by atoms with van der Waals surface area (Å²) in [7, 11) is 0. The fraction of sp³-hybridized carbons (Fsp3) is 0. The SMILES string of the molecule is O=C(Nc1cccc(Cl)c1)O/N=C/c1ccc(F)cc1. The lowest BCUT2D eigenvalue weighted by molar-refractivity contribution is 0.167. The van der Waals surface area contributed by atoms with E-state index in [1.54, 1.807) is 24.3 Å². The van der Waals surface area contributed by atoms with Crippen LogP contribution in [0.5, 0.6) is 0 Å². The van der Waals surface area contributed by atoms with Gasteiger partial charge < -0.3 is 0 Å². The van der Waals surface area contributed by atoms with E-state index in [-0.39, 0.29) is 5.82 Å². The van der Waals surface area contributed by atoms with Gasteiger partial charge in [0, 0.05) is 10.7 Å². The van der Waals surface area contributed by atoms with Gasteiger partial charge in [-0.3, -0.25) is 10.2 Å². The Labute approximate surface area is 119 Å². The van der Waals surface area contributed by atoms with Crippen LogP contribution in [0, 0.1) is 5.82 Å². The van der Waals surface area contributed by atoms with Crippen LogP contribution in [-0.2, 0) is 4.84 Å². The predicted octanol–water partition coefficient (Wildman–Crippen LogP) is 4.06. The molecule has 1 amide bonds. The number of hydrogen-bond donors (Lipinski definition) is 1. The molecule has 2 aromatic rings.